The van der Waals surface area contributed by atoms with E-state index in [1.54, 1.807) is 20.4 Å². The Kier molecular flexibility index (Phi) is 7.87. The Morgan fingerprint density at radius 2 is 1.77 bits per heavy atom. The van der Waals surface area contributed by atoms with E-state index in [9.17, 15) is 5.26 Å². The molecule has 1 N–H and O–H groups in total. The predicted molar refractivity (Wildman–Crippen MR) is 156 cm³/mol. The number of aromatic nitrogens is 2. The number of methoxy groups -OCH3 is 2. The number of fused-ring (bicyclic) bond motifs is 1. The van der Waals surface area contributed by atoms with Gasteiger partial charge in [0.05, 0.1) is 31.6 Å². The predicted octanol–water partition coefficient (Wildman–Crippen LogP) is 5.50. The fourth-order valence-corrected chi connectivity index (χ4v) is 4.66. The van der Waals surface area contributed by atoms with Crippen LogP contribution in [0.15, 0.2) is 73.1 Å². The van der Waals surface area contributed by atoms with E-state index in [1.165, 1.54) is 0 Å². The molecule has 0 atom stereocenters. The highest BCUT2D eigenvalue weighted by Crippen LogP contribution is 2.34. The molecule has 1 aliphatic heterocycles. The van der Waals surface area contributed by atoms with Gasteiger partial charge >= 0.3 is 0 Å². The van der Waals surface area contributed by atoms with Crippen molar-refractivity contribution in [3.63, 3.8) is 0 Å². The van der Waals surface area contributed by atoms with E-state index in [4.69, 9.17) is 19.2 Å². The zero-order chi connectivity index (χ0) is 28.1. The zero-order valence-electron chi connectivity index (χ0n) is 23.0. The molecule has 1 aromatic heterocycles. The minimum Gasteiger partial charge on any atom is -0.497 e. The first-order valence-electron chi connectivity index (χ1n) is 13.0. The van der Waals surface area contributed by atoms with Gasteiger partial charge in [-0.25, -0.2) is 4.98 Å². The lowest BCUT2D eigenvalue weighted by molar-refractivity contribution is 0.284. The molecule has 9 heteroatoms. The maximum absolute atomic E-state index is 10.1. The highest BCUT2D eigenvalue weighted by Gasteiger charge is 2.19. The molecule has 0 amide bonds. The number of hydrogen-bond acceptors (Lipinski definition) is 9. The number of nitrogens with zero attached hydrogens (tertiary/aromatic N) is 5. The van der Waals surface area contributed by atoms with Crippen LogP contribution in [-0.4, -0.2) is 55.3 Å². The van der Waals surface area contributed by atoms with Crippen molar-refractivity contribution in [3.8, 4) is 23.3 Å². The molecule has 204 valence electrons. The first-order chi connectivity index (χ1) is 19.5. The third-order valence-corrected chi connectivity index (χ3v) is 6.95. The molecule has 0 unspecified atom stereocenters. The van der Waals surface area contributed by atoms with Crippen LogP contribution >= 0.6 is 0 Å². The number of ether oxygens (including phenoxy) is 3. The number of rotatable bonds is 9. The van der Waals surface area contributed by atoms with Crippen LogP contribution in [-0.2, 0) is 6.61 Å². The van der Waals surface area contributed by atoms with E-state index in [0.717, 1.165) is 54.7 Å². The first kappa shape index (κ1) is 26.6. The van der Waals surface area contributed by atoms with E-state index in [2.05, 4.69) is 32.7 Å². The van der Waals surface area contributed by atoms with Crippen molar-refractivity contribution in [2.24, 2.45) is 0 Å². The summed E-state index contributed by atoms with van der Waals surface area (Å²) in [6.45, 7) is 9.85. The second-order valence-corrected chi connectivity index (χ2v) is 9.53. The third kappa shape index (κ3) is 5.71. The standard InChI is InChI=1S/C31H32N6O3/c1-21(2)36-13-15-37(16-14-36)30-19-33-27-11-10-26(25(18-32)31(27)35-30)34-23-7-12-28(29(17-23)39-4)40-20-22-5-8-24(38-3)9-6-22/h5-12,17,19,34H,1,13-16,20H2,2-4H3. The summed E-state index contributed by atoms with van der Waals surface area (Å²) in [5.41, 5.74) is 5.15. The minimum atomic E-state index is 0.389. The van der Waals surface area contributed by atoms with Gasteiger partial charge in [-0.1, -0.05) is 18.7 Å². The molecule has 4 aromatic rings. The quantitative estimate of drug-likeness (QED) is 0.298. The summed E-state index contributed by atoms with van der Waals surface area (Å²) < 4.78 is 16.8. The Morgan fingerprint density at radius 1 is 1.00 bits per heavy atom. The molecule has 0 radical (unpaired) electrons. The van der Waals surface area contributed by atoms with Crippen molar-refractivity contribution in [3.05, 3.63) is 84.2 Å². The molecule has 0 aliphatic carbocycles. The third-order valence-electron chi connectivity index (χ3n) is 6.95. The van der Waals surface area contributed by atoms with Crippen molar-refractivity contribution in [1.82, 2.24) is 14.9 Å². The average molecular weight is 537 g/mol. The molecule has 3 aromatic carbocycles. The molecule has 2 heterocycles. The molecule has 0 saturated carbocycles. The zero-order valence-corrected chi connectivity index (χ0v) is 23.0. The number of nitriles is 1. The van der Waals surface area contributed by atoms with Gasteiger partial charge in [0.15, 0.2) is 11.5 Å². The SMILES string of the molecule is C=C(C)N1CCN(c2cnc3ccc(Nc4ccc(OCc5ccc(OC)cc5)c(OC)c4)c(C#N)c3n2)CC1. The first-order valence-corrected chi connectivity index (χ1v) is 13.0. The summed E-state index contributed by atoms with van der Waals surface area (Å²) in [6, 6.07) is 19.3. The molecule has 9 nitrogen and oxygen atoms in total. The Bertz CT molecular complexity index is 1560. The van der Waals surface area contributed by atoms with Crippen molar-refractivity contribution >= 4 is 28.2 Å². The van der Waals surface area contributed by atoms with Crippen LogP contribution < -0.4 is 24.4 Å². The largest absolute Gasteiger partial charge is 0.497 e. The molecule has 0 bridgehead atoms. The van der Waals surface area contributed by atoms with Gasteiger partial charge in [0.2, 0.25) is 0 Å². The Hall–Kier alpha value is -4.97. The van der Waals surface area contributed by atoms with Crippen LogP contribution in [0.4, 0.5) is 17.2 Å². The number of nitrogens with one attached hydrogen (secondary N) is 1. The molecular weight excluding hydrogens is 504 g/mol. The van der Waals surface area contributed by atoms with Gasteiger partial charge in [-0.3, -0.25) is 4.98 Å². The molecule has 1 fully saturated rings. The summed E-state index contributed by atoms with van der Waals surface area (Å²) in [7, 11) is 3.24. The van der Waals surface area contributed by atoms with E-state index < -0.39 is 0 Å². The maximum Gasteiger partial charge on any atom is 0.162 e. The van der Waals surface area contributed by atoms with Crippen LogP contribution in [0, 0.1) is 11.3 Å². The molecular formula is C31H32N6O3. The van der Waals surface area contributed by atoms with Crippen molar-refractivity contribution in [2.45, 2.75) is 13.5 Å². The summed E-state index contributed by atoms with van der Waals surface area (Å²) in [4.78, 5) is 13.9. The highest BCUT2D eigenvalue weighted by atomic mass is 16.5. The normalized spacial score (nSPS) is 13.1. The van der Waals surface area contributed by atoms with Crippen molar-refractivity contribution in [1.29, 1.82) is 5.26 Å². The Balaban J connectivity index is 1.35. The van der Waals surface area contributed by atoms with Gasteiger partial charge in [-0.2, -0.15) is 5.26 Å². The lowest BCUT2D eigenvalue weighted by Crippen LogP contribution is -2.45. The molecule has 0 spiro atoms. The lowest BCUT2D eigenvalue weighted by atomic mass is 10.1. The second-order valence-electron chi connectivity index (χ2n) is 9.53. The summed E-state index contributed by atoms with van der Waals surface area (Å²) in [5, 5.41) is 13.5. The van der Waals surface area contributed by atoms with Crippen molar-refractivity contribution < 1.29 is 14.2 Å². The van der Waals surface area contributed by atoms with Gasteiger partial charge in [-0.15, -0.1) is 0 Å². The number of allylic oxidation sites excluding steroid dienone is 1. The average Bonchev–Trinajstić information content (AvgIpc) is 3.00. The topological polar surface area (TPSA) is 95.8 Å². The molecule has 1 aliphatic rings. The van der Waals surface area contributed by atoms with Gasteiger partial charge < -0.3 is 29.3 Å². The monoisotopic (exact) mass is 536 g/mol. The lowest BCUT2D eigenvalue weighted by Gasteiger charge is -2.36. The number of benzene rings is 3. The second kappa shape index (κ2) is 11.8. The number of anilines is 3. The molecule has 1 saturated heterocycles. The summed E-state index contributed by atoms with van der Waals surface area (Å²) in [5.74, 6) is 2.76. The van der Waals surface area contributed by atoms with Gasteiger partial charge in [0, 0.05) is 43.6 Å². The molecule has 5 rings (SSSR count). The molecule has 40 heavy (non-hydrogen) atoms. The van der Waals surface area contributed by atoms with Crippen LogP contribution in [0.2, 0.25) is 0 Å². The fourth-order valence-electron chi connectivity index (χ4n) is 4.66. The van der Waals surface area contributed by atoms with E-state index >= 15 is 0 Å². The van der Waals surface area contributed by atoms with Crippen molar-refractivity contribution in [2.75, 3.05) is 50.6 Å². The van der Waals surface area contributed by atoms with E-state index in [-0.39, 0.29) is 0 Å². The van der Waals surface area contributed by atoms with Gasteiger partial charge in [0.1, 0.15) is 35.3 Å². The number of piperazine rings is 1. The van der Waals surface area contributed by atoms with Crippen LogP contribution in [0.25, 0.3) is 11.0 Å². The highest BCUT2D eigenvalue weighted by molar-refractivity contribution is 5.89. The number of hydrogen-bond donors (Lipinski definition) is 1. The smallest absolute Gasteiger partial charge is 0.162 e. The maximum atomic E-state index is 10.1. The van der Waals surface area contributed by atoms with Crippen LogP contribution in [0.3, 0.4) is 0 Å². The fraction of sp³-hybridized carbons (Fsp3) is 0.258. The van der Waals surface area contributed by atoms with Gasteiger partial charge in [-0.05, 0) is 48.9 Å². The minimum absolute atomic E-state index is 0.389. The summed E-state index contributed by atoms with van der Waals surface area (Å²) >= 11 is 0. The van der Waals surface area contributed by atoms with E-state index in [1.807, 2.05) is 61.5 Å². The summed E-state index contributed by atoms with van der Waals surface area (Å²) in [6.07, 6.45) is 1.78. The van der Waals surface area contributed by atoms with Crippen LogP contribution in [0.1, 0.15) is 18.1 Å². The van der Waals surface area contributed by atoms with Gasteiger partial charge in [0.25, 0.3) is 0 Å². The Morgan fingerprint density at radius 3 is 2.45 bits per heavy atom. The van der Waals surface area contributed by atoms with E-state index in [0.29, 0.717) is 40.4 Å². The van der Waals surface area contributed by atoms with Crippen LogP contribution in [0.5, 0.6) is 17.2 Å². The Labute approximate surface area is 234 Å².